The highest BCUT2D eigenvalue weighted by Crippen LogP contribution is 2.16. The van der Waals surface area contributed by atoms with Gasteiger partial charge in [0, 0.05) is 6.08 Å². The summed E-state index contributed by atoms with van der Waals surface area (Å²) in [6, 6.07) is 18.8. The summed E-state index contributed by atoms with van der Waals surface area (Å²) in [6.07, 6.45) is 4.83. The molecule has 0 amide bonds. The van der Waals surface area contributed by atoms with Gasteiger partial charge in [-0.05, 0) is 37.6 Å². The van der Waals surface area contributed by atoms with Gasteiger partial charge in [0.05, 0.1) is 11.8 Å². The monoisotopic (exact) mass is 308 g/mol. The van der Waals surface area contributed by atoms with E-state index in [1.54, 1.807) is 49.6 Å². The van der Waals surface area contributed by atoms with E-state index in [9.17, 15) is 4.79 Å². The second-order valence-corrected chi connectivity index (χ2v) is 4.94. The van der Waals surface area contributed by atoms with Crippen molar-refractivity contribution in [1.29, 1.82) is 0 Å². The van der Waals surface area contributed by atoms with E-state index in [1.165, 1.54) is 0 Å². The van der Waals surface area contributed by atoms with E-state index < -0.39 is 0 Å². The van der Waals surface area contributed by atoms with E-state index in [0.717, 1.165) is 5.56 Å². The highest BCUT2D eigenvalue weighted by atomic mass is 16.5. The fourth-order valence-corrected chi connectivity index (χ4v) is 1.96. The smallest absolute Gasteiger partial charge is 0.343 e. The number of rotatable bonds is 6. The Hall–Kier alpha value is -2.81. The van der Waals surface area contributed by atoms with Crippen molar-refractivity contribution < 1.29 is 14.3 Å². The molecule has 0 aliphatic carbocycles. The molecule has 0 heterocycles. The Bertz CT molecular complexity index is 673. The lowest BCUT2D eigenvalue weighted by Gasteiger charge is -2.11. The van der Waals surface area contributed by atoms with Crippen LogP contribution in [-0.2, 0) is 9.47 Å². The molecule has 0 radical (unpaired) electrons. The first-order valence-corrected chi connectivity index (χ1v) is 7.51. The van der Waals surface area contributed by atoms with Crippen molar-refractivity contribution in [2.75, 3.05) is 0 Å². The third kappa shape index (κ3) is 5.15. The summed E-state index contributed by atoms with van der Waals surface area (Å²) < 4.78 is 11.0. The van der Waals surface area contributed by atoms with E-state index in [0.29, 0.717) is 11.3 Å². The lowest BCUT2D eigenvalue weighted by atomic mass is 10.1. The first kappa shape index (κ1) is 16.6. The number of carbonyl (C=O) groups is 1. The number of esters is 1. The molecule has 0 N–H and O–H groups in total. The summed E-state index contributed by atoms with van der Waals surface area (Å²) >= 11 is 0. The average Bonchev–Trinajstić information content (AvgIpc) is 2.62. The molecule has 3 nitrogen and oxygen atoms in total. The molecule has 2 rings (SSSR count). The van der Waals surface area contributed by atoms with Gasteiger partial charge in [0.25, 0.3) is 0 Å². The third-order valence-electron chi connectivity index (χ3n) is 3.29. The molecule has 2 aromatic rings. The molecule has 2 aromatic carbocycles. The number of carbonyl (C=O) groups excluding carboxylic acids is 1. The second-order valence-electron chi connectivity index (χ2n) is 4.94. The first-order chi connectivity index (χ1) is 11.2. The molecule has 0 unspecified atom stereocenters. The number of allylic oxidation sites excluding steroid dienone is 2. The molecule has 1 atom stereocenters. The molecule has 0 saturated heterocycles. The maximum atomic E-state index is 12.0. The Morgan fingerprint density at radius 2 is 1.61 bits per heavy atom. The van der Waals surface area contributed by atoms with Crippen molar-refractivity contribution in [2.24, 2.45) is 0 Å². The van der Waals surface area contributed by atoms with Gasteiger partial charge in [0.1, 0.15) is 11.9 Å². The van der Waals surface area contributed by atoms with Crippen LogP contribution in [0.3, 0.4) is 0 Å². The minimum absolute atomic E-state index is 0.0737. The SMILES string of the molecule is C/C=C(\C=C\O[C@@H](C)c1ccccc1)OC(=O)c1ccccc1. The second kappa shape index (κ2) is 8.59. The average molecular weight is 308 g/mol. The van der Waals surface area contributed by atoms with Crippen molar-refractivity contribution in [2.45, 2.75) is 20.0 Å². The number of hydrogen-bond donors (Lipinski definition) is 0. The molecule has 118 valence electrons. The standard InChI is InChI=1S/C20H20O3/c1-3-19(23-20(21)18-12-8-5-9-13-18)14-15-22-16(2)17-10-6-4-7-11-17/h3-16H,1-2H3/b15-14+,19-3+/t16-/m0/s1. The zero-order chi connectivity index (χ0) is 16.5. The molecular weight excluding hydrogens is 288 g/mol. The molecule has 0 aliphatic heterocycles. The van der Waals surface area contributed by atoms with E-state index in [4.69, 9.17) is 9.47 Å². The lowest BCUT2D eigenvalue weighted by Crippen LogP contribution is -2.03. The first-order valence-electron chi connectivity index (χ1n) is 7.51. The predicted octanol–water partition coefficient (Wildman–Crippen LogP) is 5.04. The third-order valence-corrected chi connectivity index (χ3v) is 3.29. The van der Waals surface area contributed by atoms with Gasteiger partial charge in [-0.3, -0.25) is 0 Å². The van der Waals surface area contributed by atoms with E-state index in [2.05, 4.69) is 0 Å². The van der Waals surface area contributed by atoms with E-state index in [1.807, 2.05) is 43.3 Å². The molecule has 23 heavy (non-hydrogen) atoms. The number of hydrogen-bond acceptors (Lipinski definition) is 3. The molecule has 0 aromatic heterocycles. The minimum atomic E-state index is -0.389. The Morgan fingerprint density at radius 3 is 2.22 bits per heavy atom. The normalized spacial score (nSPS) is 12.9. The van der Waals surface area contributed by atoms with Crippen LogP contribution in [0.25, 0.3) is 0 Å². The van der Waals surface area contributed by atoms with Crippen LogP contribution >= 0.6 is 0 Å². The van der Waals surface area contributed by atoms with Crippen LogP contribution in [-0.4, -0.2) is 5.97 Å². The quantitative estimate of drug-likeness (QED) is 0.426. The lowest BCUT2D eigenvalue weighted by molar-refractivity contribution is 0.0634. The van der Waals surface area contributed by atoms with Crippen molar-refractivity contribution in [3.05, 3.63) is 96.0 Å². The number of benzene rings is 2. The summed E-state index contributed by atoms with van der Waals surface area (Å²) in [4.78, 5) is 12.0. The van der Waals surface area contributed by atoms with Crippen LogP contribution < -0.4 is 0 Å². The Labute approximate surface area is 136 Å². The summed E-state index contributed by atoms with van der Waals surface area (Å²) in [5.41, 5.74) is 1.60. The van der Waals surface area contributed by atoms with Gasteiger partial charge >= 0.3 is 5.97 Å². The van der Waals surface area contributed by atoms with Crippen LogP contribution in [0, 0.1) is 0 Å². The molecule has 0 aliphatic rings. The van der Waals surface area contributed by atoms with Crippen molar-refractivity contribution in [3.63, 3.8) is 0 Å². The maximum Gasteiger partial charge on any atom is 0.343 e. The highest BCUT2D eigenvalue weighted by Gasteiger charge is 2.08. The summed E-state index contributed by atoms with van der Waals surface area (Å²) in [5.74, 6) is 0.0542. The van der Waals surface area contributed by atoms with Crippen LogP contribution in [0.2, 0.25) is 0 Å². The van der Waals surface area contributed by atoms with Gasteiger partial charge in [-0.1, -0.05) is 48.5 Å². The van der Waals surface area contributed by atoms with Gasteiger partial charge in [0.2, 0.25) is 0 Å². The zero-order valence-corrected chi connectivity index (χ0v) is 13.3. The van der Waals surface area contributed by atoms with Crippen LogP contribution in [0.1, 0.15) is 35.9 Å². The largest absolute Gasteiger partial charge is 0.493 e. The molecule has 0 spiro atoms. The zero-order valence-electron chi connectivity index (χ0n) is 13.3. The van der Waals surface area contributed by atoms with Crippen LogP contribution in [0.15, 0.2) is 84.8 Å². The van der Waals surface area contributed by atoms with Crippen molar-refractivity contribution in [1.82, 2.24) is 0 Å². The van der Waals surface area contributed by atoms with Gasteiger partial charge in [-0.2, -0.15) is 0 Å². The fourth-order valence-electron chi connectivity index (χ4n) is 1.96. The molecular formula is C20H20O3. The predicted molar refractivity (Wildman–Crippen MR) is 90.7 cm³/mol. The maximum absolute atomic E-state index is 12.0. The molecule has 3 heteroatoms. The van der Waals surface area contributed by atoms with Crippen LogP contribution in [0.4, 0.5) is 0 Å². The van der Waals surface area contributed by atoms with Gasteiger partial charge in [0.15, 0.2) is 0 Å². The van der Waals surface area contributed by atoms with E-state index in [-0.39, 0.29) is 12.1 Å². The Morgan fingerprint density at radius 1 is 1.00 bits per heavy atom. The topological polar surface area (TPSA) is 35.5 Å². The van der Waals surface area contributed by atoms with Crippen molar-refractivity contribution >= 4 is 5.97 Å². The minimum Gasteiger partial charge on any atom is -0.493 e. The molecule has 0 bridgehead atoms. The van der Waals surface area contributed by atoms with Gasteiger partial charge < -0.3 is 9.47 Å². The Balaban J connectivity index is 1.91. The van der Waals surface area contributed by atoms with Crippen LogP contribution in [0.5, 0.6) is 0 Å². The summed E-state index contributed by atoms with van der Waals surface area (Å²) in [7, 11) is 0. The highest BCUT2D eigenvalue weighted by molar-refractivity contribution is 5.90. The van der Waals surface area contributed by atoms with Gasteiger partial charge in [-0.25, -0.2) is 4.79 Å². The van der Waals surface area contributed by atoms with E-state index >= 15 is 0 Å². The van der Waals surface area contributed by atoms with Gasteiger partial charge in [-0.15, -0.1) is 0 Å². The summed E-state index contributed by atoms with van der Waals surface area (Å²) in [5, 5.41) is 0. The molecule has 0 fully saturated rings. The Kier molecular flexibility index (Phi) is 6.18. The fraction of sp³-hybridized carbons (Fsp3) is 0.150. The number of ether oxygens (including phenoxy) is 2. The summed E-state index contributed by atoms with van der Waals surface area (Å²) in [6.45, 7) is 3.77. The molecule has 0 saturated carbocycles. The van der Waals surface area contributed by atoms with Crippen molar-refractivity contribution in [3.8, 4) is 0 Å².